The number of carbonyl (C=O) groups is 1. The normalized spacial score (nSPS) is 23.7. The summed E-state index contributed by atoms with van der Waals surface area (Å²) < 4.78 is 10.4. The van der Waals surface area contributed by atoms with Crippen molar-refractivity contribution in [2.75, 3.05) is 20.3 Å². The van der Waals surface area contributed by atoms with Gasteiger partial charge in [-0.15, -0.1) is 0 Å². The maximum Gasteiger partial charge on any atom is 0.410 e. The average molecular weight is 256 g/mol. The Bertz CT molecular complexity index is 347. The fraction of sp³-hybridized carbons (Fsp3) is 0.909. The van der Waals surface area contributed by atoms with Crippen molar-refractivity contribution >= 4 is 6.09 Å². The third-order valence-electron chi connectivity index (χ3n) is 2.59. The van der Waals surface area contributed by atoms with Crippen LogP contribution in [0, 0.1) is 0 Å². The lowest BCUT2D eigenvalue weighted by Crippen LogP contribution is -2.41. The van der Waals surface area contributed by atoms with E-state index in [9.17, 15) is 4.79 Å². The van der Waals surface area contributed by atoms with Gasteiger partial charge in [-0.25, -0.2) is 4.79 Å². The molecular weight excluding hydrogens is 236 g/mol. The number of likely N-dealkylation sites (tertiary alicyclic amines) is 1. The topological polar surface area (TPSA) is 87.5 Å². The molecule has 0 bridgehead atoms. The van der Waals surface area contributed by atoms with Crippen LogP contribution in [0.4, 0.5) is 4.79 Å². The van der Waals surface area contributed by atoms with Crippen molar-refractivity contribution in [1.29, 1.82) is 0 Å². The number of hydrogen-bond acceptors (Lipinski definition) is 4. The molecule has 0 saturated carbocycles. The van der Waals surface area contributed by atoms with Crippen molar-refractivity contribution in [2.24, 2.45) is 5.11 Å². The van der Waals surface area contributed by atoms with Crippen LogP contribution in [-0.2, 0) is 9.47 Å². The van der Waals surface area contributed by atoms with Crippen LogP contribution in [0.25, 0.3) is 10.4 Å². The molecule has 0 aromatic heterocycles. The molecule has 0 aliphatic carbocycles. The highest BCUT2D eigenvalue weighted by Gasteiger charge is 2.37. The molecule has 2 unspecified atom stereocenters. The second kappa shape index (κ2) is 5.93. The maximum absolute atomic E-state index is 12.0. The Labute approximate surface area is 107 Å². The summed E-state index contributed by atoms with van der Waals surface area (Å²) in [5.74, 6) is 0. The highest BCUT2D eigenvalue weighted by molar-refractivity contribution is 5.69. The van der Waals surface area contributed by atoms with Gasteiger partial charge in [0, 0.05) is 18.6 Å². The van der Waals surface area contributed by atoms with E-state index in [0.29, 0.717) is 19.6 Å². The van der Waals surface area contributed by atoms with Crippen molar-refractivity contribution < 1.29 is 14.3 Å². The summed E-state index contributed by atoms with van der Waals surface area (Å²) in [6.07, 6.45) is 0.220. The molecule has 0 spiro atoms. The number of nitrogens with zero attached hydrogens (tertiary/aromatic N) is 4. The van der Waals surface area contributed by atoms with Gasteiger partial charge in [0.25, 0.3) is 0 Å². The van der Waals surface area contributed by atoms with Gasteiger partial charge >= 0.3 is 6.09 Å². The van der Waals surface area contributed by atoms with E-state index < -0.39 is 5.60 Å². The van der Waals surface area contributed by atoms with Crippen molar-refractivity contribution in [3.8, 4) is 0 Å². The molecule has 1 saturated heterocycles. The molecule has 2 atom stereocenters. The number of hydrogen-bond donors (Lipinski definition) is 0. The molecular formula is C11H20N4O3. The van der Waals surface area contributed by atoms with Gasteiger partial charge < -0.3 is 14.4 Å². The zero-order chi connectivity index (χ0) is 13.8. The SMILES string of the molecule is COCC1CC(N=[N+]=[N-])CN1C(=O)OC(C)(C)C. The Morgan fingerprint density at radius 1 is 1.56 bits per heavy atom. The Morgan fingerprint density at radius 3 is 2.72 bits per heavy atom. The quantitative estimate of drug-likeness (QED) is 0.441. The number of methoxy groups -OCH3 is 1. The molecule has 1 fully saturated rings. The van der Waals surface area contributed by atoms with Crippen LogP contribution in [0.1, 0.15) is 27.2 Å². The minimum Gasteiger partial charge on any atom is -0.444 e. The van der Waals surface area contributed by atoms with Gasteiger partial charge in [-0.05, 0) is 32.7 Å². The maximum atomic E-state index is 12.0. The minimum atomic E-state index is -0.536. The van der Waals surface area contributed by atoms with Gasteiger partial charge in [0.1, 0.15) is 5.60 Å². The molecule has 7 heteroatoms. The number of carbonyl (C=O) groups excluding carboxylic acids is 1. The summed E-state index contributed by atoms with van der Waals surface area (Å²) in [6, 6.07) is -0.303. The van der Waals surface area contributed by atoms with Gasteiger partial charge in [0.2, 0.25) is 0 Å². The minimum absolute atomic E-state index is 0.0969. The first kappa shape index (κ1) is 14.6. The van der Waals surface area contributed by atoms with Crippen LogP contribution in [0.15, 0.2) is 5.11 Å². The van der Waals surface area contributed by atoms with Crippen LogP contribution < -0.4 is 0 Å². The number of rotatable bonds is 3. The number of amides is 1. The molecule has 1 heterocycles. The Morgan fingerprint density at radius 2 is 2.22 bits per heavy atom. The van der Waals surface area contributed by atoms with Crippen LogP contribution in [0.3, 0.4) is 0 Å². The summed E-state index contributed by atoms with van der Waals surface area (Å²) in [5, 5.41) is 3.66. The third kappa shape index (κ3) is 4.09. The summed E-state index contributed by atoms with van der Waals surface area (Å²) in [5.41, 5.74) is 7.91. The molecule has 0 aromatic rings. The van der Waals surface area contributed by atoms with Gasteiger partial charge in [-0.1, -0.05) is 5.11 Å². The highest BCUT2D eigenvalue weighted by Crippen LogP contribution is 2.23. The molecule has 18 heavy (non-hydrogen) atoms. The van der Waals surface area contributed by atoms with E-state index in [1.807, 2.05) is 20.8 Å². The van der Waals surface area contributed by atoms with Gasteiger partial charge in [-0.3, -0.25) is 0 Å². The largest absolute Gasteiger partial charge is 0.444 e. The van der Waals surface area contributed by atoms with Gasteiger partial charge in [0.05, 0.1) is 18.7 Å². The number of azide groups is 1. The Hall–Kier alpha value is -1.46. The molecule has 1 amide bonds. The first-order chi connectivity index (χ1) is 8.37. The lowest BCUT2D eigenvalue weighted by atomic mass is 10.2. The highest BCUT2D eigenvalue weighted by atomic mass is 16.6. The zero-order valence-electron chi connectivity index (χ0n) is 11.3. The lowest BCUT2D eigenvalue weighted by Gasteiger charge is -2.28. The molecule has 7 nitrogen and oxygen atoms in total. The lowest BCUT2D eigenvalue weighted by molar-refractivity contribution is 0.0147. The van der Waals surface area contributed by atoms with Crippen LogP contribution in [0.2, 0.25) is 0 Å². The van der Waals surface area contributed by atoms with Crippen molar-refractivity contribution in [3.63, 3.8) is 0 Å². The predicted molar refractivity (Wildman–Crippen MR) is 66.2 cm³/mol. The van der Waals surface area contributed by atoms with E-state index >= 15 is 0 Å². The van der Waals surface area contributed by atoms with E-state index in [-0.39, 0.29) is 18.2 Å². The van der Waals surface area contributed by atoms with Crippen LogP contribution >= 0.6 is 0 Å². The van der Waals surface area contributed by atoms with Crippen LogP contribution in [-0.4, -0.2) is 48.9 Å². The van der Waals surface area contributed by atoms with Crippen molar-refractivity contribution in [2.45, 2.75) is 44.9 Å². The van der Waals surface area contributed by atoms with Gasteiger partial charge in [-0.2, -0.15) is 0 Å². The summed E-state index contributed by atoms with van der Waals surface area (Å²) in [4.78, 5) is 16.4. The Balaban J connectivity index is 2.71. The third-order valence-corrected chi connectivity index (χ3v) is 2.59. The smallest absolute Gasteiger partial charge is 0.410 e. The summed E-state index contributed by atoms with van der Waals surface area (Å²) in [6.45, 7) is 6.25. The average Bonchev–Trinajstić information content (AvgIpc) is 2.60. The van der Waals surface area contributed by atoms with E-state index in [2.05, 4.69) is 10.0 Å². The molecule has 1 aliphatic rings. The molecule has 1 aliphatic heterocycles. The molecule has 0 N–H and O–H groups in total. The standard InChI is InChI=1S/C11H20N4O3/c1-11(2,3)18-10(16)15-6-8(13-14-12)5-9(15)7-17-4/h8-9H,5-7H2,1-4H3. The second-order valence-electron chi connectivity index (χ2n) is 5.34. The van der Waals surface area contributed by atoms with Crippen molar-refractivity contribution in [3.05, 3.63) is 10.4 Å². The van der Waals surface area contributed by atoms with E-state index in [0.717, 1.165) is 0 Å². The van der Waals surface area contributed by atoms with E-state index in [1.165, 1.54) is 0 Å². The fourth-order valence-corrected chi connectivity index (χ4v) is 1.94. The van der Waals surface area contributed by atoms with Gasteiger partial charge in [0.15, 0.2) is 0 Å². The molecule has 1 rings (SSSR count). The molecule has 0 radical (unpaired) electrons. The molecule has 102 valence electrons. The Kier molecular flexibility index (Phi) is 4.81. The first-order valence-corrected chi connectivity index (χ1v) is 5.90. The summed E-state index contributed by atoms with van der Waals surface area (Å²) >= 11 is 0. The summed E-state index contributed by atoms with van der Waals surface area (Å²) in [7, 11) is 1.58. The van der Waals surface area contributed by atoms with Crippen molar-refractivity contribution in [1.82, 2.24) is 4.90 Å². The first-order valence-electron chi connectivity index (χ1n) is 5.90. The monoisotopic (exact) mass is 256 g/mol. The second-order valence-corrected chi connectivity index (χ2v) is 5.34. The van der Waals surface area contributed by atoms with Crippen LogP contribution in [0.5, 0.6) is 0 Å². The zero-order valence-corrected chi connectivity index (χ0v) is 11.3. The molecule has 0 aromatic carbocycles. The van der Waals surface area contributed by atoms with E-state index in [1.54, 1.807) is 12.0 Å². The predicted octanol–water partition coefficient (Wildman–Crippen LogP) is 2.32. The number of ether oxygens (including phenoxy) is 2. The fourth-order valence-electron chi connectivity index (χ4n) is 1.94. The van der Waals surface area contributed by atoms with E-state index in [4.69, 9.17) is 15.0 Å².